The number of amides is 1. The second-order valence-corrected chi connectivity index (χ2v) is 5.78. The van der Waals surface area contributed by atoms with Gasteiger partial charge in [0.2, 0.25) is 11.7 Å². The van der Waals surface area contributed by atoms with Crippen molar-refractivity contribution in [2.75, 3.05) is 41.5 Å². The second kappa shape index (κ2) is 8.21. The largest absolute Gasteiger partial charge is 0.493 e. The van der Waals surface area contributed by atoms with Gasteiger partial charge in [-0.3, -0.25) is 4.79 Å². The quantitative estimate of drug-likeness (QED) is 0.827. The maximum atomic E-state index is 12.6. The van der Waals surface area contributed by atoms with E-state index in [9.17, 15) is 4.79 Å². The van der Waals surface area contributed by atoms with Crippen molar-refractivity contribution in [2.45, 2.75) is 25.0 Å². The van der Waals surface area contributed by atoms with Gasteiger partial charge in [-0.2, -0.15) is 0 Å². The molecule has 1 fully saturated rings. The number of ether oxygens (including phenoxy) is 4. The van der Waals surface area contributed by atoms with Crippen LogP contribution in [0.5, 0.6) is 17.2 Å². The van der Waals surface area contributed by atoms with E-state index in [0.29, 0.717) is 30.3 Å². The third kappa shape index (κ3) is 3.91. The number of nitrogens with two attached hydrogens (primary N) is 1. The first-order chi connectivity index (χ1) is 11.5. The van der Waals surface area contributed by atoms with Crippen molar-refractivity contribution in [3.05, 3.63) is 17.7 Å². The van der Waals surface area contributed by atoms with Crippen molar-refractivity contribution < 1.29 is 23.7 Å². The summed E-state index contributed by atoms with van der Waals surface area (Å²) in [6.45, 7) is 1.16. The third-order valence-electron chi connectivity index (χ3n) is 4.35. The van der Waals surface area contributed by atoms with Crippen LogP contribution in [0.4, 0.5) is 0 Å². The van der Waals surface area contributed by atoms with E-state index in [-0.39, 0.29) is 24.5 Å². The zero-order chi connectivity index (χ0) is 17.7. The smallest absolute Gasteiger partial charge is 0.227 e. The van der Waals surface area contributed by atoms with Gasteiger partial charge in [0.05, 0.1) is 33.9 Å². The summed E-state index contributed by atoms with van der Waals surface area (Å²) < 4.78 is 21.3. The predicted molar refractivity (Wildman–Crippen MR) is 89.8 cm³/mol. The lowest BCUT2D eigenvalue weighted by Gasteiger charge is -2.36. The van der Waals surface area contributed by atoms with Crippen LogP contribution in [0.25, 0.3) is 0 Å². The normalized spacial score (nSPS) is 20.6. The molecule has 1 aromatic rings. The lowest BCUT2D eigenvalue weighted by Crippen LogP contribution is -2.53. The first-order valence-corrected chi connectivity index (χ1v) is 7.89. The highest BCUT2D eigenvalue weighted by Gasteiger charge is 2.29. The van der Waals surface area contributed by atoms with Gasteiger partial charge >= 0.3 is 0 Å². The molecular formula is C17H26N2O5. The Morgan fingerprint density at radius 3 is 2.29 bits per heavy atom. The van der Waals surface area contributed by atoms with E-state index in [4.69, 9.17) is 24.7 Å². The lowest BCUT2D eigenvalue weighted by atomic mass is 10.0. The van der Waals surface area contributed by atoms with E-state index >= 15 is 0 Å². The highest BCUT2D eigenvalue weighted by molar-refractivity contribution is 5.79. The number of carbonyl (C=O) groups excluding carboxylic acids is 1. The first-order valence-electron chi connectivity index (χ1n) is 7.89. The fourth-order valence-electron chi connectivity index (χ4n) is 2.93. The van der Waals surface area contributed by atoms with Crippen molar-refractivity contribution in [1.82, 2.24) is 4.90 Å². The molecule has 0 bridgehead atoms. The molecule has 7 nitrogen and oxygen atoms in total. The Balaban J connectivity index is 2.14. The van der Waals surface area contributed by atoms with Crippen LogP contribution in [0.3, 0.4) is 0 Å². The average molecular weight is 338 g/mol. The highest BCUT2D eigenvalue weighted by Crippen LogP contribution is 2.38. The van der Waals surface area contributed by atoms with E-state index in [1.807, 2.05) is 0 Å². The van der Waals surface area contributed by atoms with E-state index < -0.39 is 0 Å². The fourth-order valence-corrected chi connectivity index (χ4v) is 2.93. The zero-order valence-electron chi connectivity index (χ0n) is 14.7. The molecule has 1 saturated heterocycles. The number of hydrogen-bond donors (Lipinski definition) is 1. The monoisotopic (exact) mass is 338 g/mol. The molecule has 134 valence electrons. The molecule has 0 saturated carbocycles. The zero-order valence-corrected chi connectivity index (χ0v) is 14.7. The number of nitrogens with zero attached hydrogens (tertiary/aromatic N) is 1. The van der Waals surface area contributed by atoms with Gasteiger partial charge in [-0.1, -0.05) is 0 Å². The van der Waals surface area contributed by atoms with E-state index in [2.05, 4.69) is 0 Å². The first kappa shape index (κ1) is 18.4. The van der Waals surface area contributed by atoms with E-state index in [0.717, 1.165) is 12.0 Å². The van der Waals surface area contributed by atoms with Gasteiger partial charge in [0.1, 0.15) is 0 Å². The van der Waals surface area contributed by atoms with Gasteiger partial charge in [-0.25, -0.2) is 0 Å². The van der Waals surface area contributed by atoms with Gasteiger partial charge in [-0.15, -0.1) is 0 Å². The van der Waals surface area contributed by atoms with Gasteiger partial charge in [-0.05, 0) is 24.1 Å². The number of piperidine rings is 1. The summed E-state index contributed by atoms with van der Waals surface area (Å²) >= 11 is 0. The van der Waals surface area contributed by atoms with Crippen LogP contribution in [0.15, 0.2) is 12.1 Å². The Labute approximate surface area is 142 Å². The molecule has 7 heteroatoms. The van der Waals surface area contributed by atoms with Gasteiger partial charge in [0, 0.05) is 26.2 Å². The lowest BCUT2D eigenvalue weighted by molar-refractivity contribution is -0.134. The second-order valence-electron chi connectivity index (χ2n) is 5.78. The van der Waals surface area contributed by atoms with Crippen molar-refractivity contribution in [2.24, 2.45) is 5.73 Å². The standard InChI is InChI=1S/C17H26N2O5/c1-21-13-7-11(8-14(22-2)17(13)24-4)9-16(20)19-6-5-12(18)15(10-19)23-3/h7-8,12,15H,5-6,9-10,18H2,1-4H3/t12-,15+/m0/s1. The van der Waals surface area contributed by atoms with E-state index in [1.165, 1.54) is 0 Å². The molecular weight excluding hydrogens is 312 g/mol. The molecule has 0 aliphatic carbocycles. The van der Waals surface area contributed by atoms with Crippen molar-refractivity contribution in [1.29, 1.82) is 0 Å². The molecule has 1 aromatic carbocycles. The number of likely N-dealkylation sites (tertiary alicyclic amines) is 1. The Morgan fingerprint density at radius 1 is 1.17 bits per heavy atom. The number of benzene rings is 1. The van der Waals surface area contributed by atoms with Gasteiger partial charge in [0.25, 0.3) is 0 Å². The maximum absolute atomic E-state index is 12.6. The predicted octanol–water partition coefficient (Wildman–Crippen LogP) is 0.830. The molecule has 2 atom stereocenters. The maximum Gasteiger partial charge on any atom is 0.227 e. The summed E-state index contributed by atoms with van der Waals surface area (Å²) in [4.78, 5) is 14.4. The Hall–Kier alpha value is -1.99. The molecule has 2 N–H and O–H groups in total. The number of methoxy groups -OCH3 is 4. The minimum atomic E-state index is -0.123. The molecule has 0 radical (unpaired) electrons. The van der Waals surface area contributed by atoms with Crippen LogP contribution in [0, 0.1) is 0 Å². The minimum absolute atomic E-state index is 0.0261. The molecule has 1 aliphatic heterocycles. The fraction of sp³-hybridized carbons (Fsp3) is 0.588. The van der Waals surface area contributed by atoms with Crippen LogP contribution in [0.2, 0.25) is 0 Å². The van der Waals surface area contributed by atoms with Crippen molar-refractivity contribution >= 4 is 5.91 Å². The van der Waals surface area contributed by atoms with Crippen LogP contribution in [-0.4, -0.2) is 64.5 Å². The summed E-state index contributed by atoms with van der Waals surface area (Å²) in [6.07, 6.45) is 0.865. The SMILES string of the molecule is COc1cc(CC(=O)N2CC[C@H](N)[C@H](OC)C2)cc(OC)c1OC. The summed E-state index contributed by atoms with van der Waals surface area (Å²) in [5.41, 5.74) is 6.81. The summed E-state index contributed by atoms with van der Waals surface area (Å²) in [6, 6.07) is 3.56. The van der Waals surface area contributed by atoms with Crippen LogP contribution >= 0.6 is 0 Å². The summed E-state index contributed by atoms with van der Waals surface area (Å²) in [5, 5.41) is 0. The number of hydrogen-bond acceptors (Lipinski definition) is 6. The molecule has 1 heterocycles. The molecule has 0 aromatic heterocycles. The van der Waals surface area contributed by atoms with Crippen molar-refractivity contribution in [3.63, 3.8) is 0 Å². The topological polar surface area (TPSA) is 83.3 Å². The Kier molecular flexibility index (Phi) is 6.28. The molecule has 0 spiro atoms. The molecule has 24 heavy (non-hydrogen) atoms. The average Bonchev–Trinajstić information content (AvgIpc) is 2.60. The highest BCUT2D eigenvalue weighted by atomic mass is 16.5. The van der Waals surface area contributed by atoms with Crippen LogP contribution in [-0.2, 0) is 16.0 Å². The van der Waals surface area contributed by atoms with E-state index in [1.54, 1.807) is 45.5 Å². The molecule has 1 aliphatic rings. The molecule has 0 unspecified atom stereocenters. The van der Waals surface area contributed by atoms with Crippen molar-refractivity contribution in [3.8, 4) is 17.2 Å². The van der Waals surface area contributed by atoms with Crippen LogP contribution < -0.4 is 19.9 Å². The summed E-state index contributed by atoms with van der Waals surface area (Å²) in [5.74, 6) is 1.61. The molecule has 2 rings (SSSR count). The Bertz CT molecular complexity index is 553. The molecule has 1 amide bonds. The van der Waals surface area contributed by atoms with Crippen LogP contribution in [0.1, 0.15) is 12.0 Å². The summed E-state index contributed by atoms with van der Waals surface area (Å²) in [7, 11) is 6.28. The van der Waals surface area contributed by atoms with Gasteiger partial charge < -0.3 is 29.6 Å². The van der Waals surface area contributed by atoms with Gasteiger partial charge in [0.15, 0.2) is 11.5 Å². The Morgan fingerprint density at radius 2 is 1.79 bits per heavy atom. The number of carbonyl (C=O) groups is 1. The minimum Gasteiger partial charge on any atom is -0.493 e. The third-order valence-corrected chi connectivity index (χ3v) is 4.35. The number of rotatable bonds is 6.